The summed E-state index contributed by atoms with van der Waals surface area (Å²) in [6.07, 6.45) is 3.57. The number of methoxy groups -OCH3 is 2. The average molecular weight is 351 g/mol. The van der Waals surface area contributed by atoms with E-state index in [1.54, 1.807) is 37.2 Å². The second-order valence-electron chi connectivity index (χ2n) is 5.80. The molecule has 26 heavy (non-hydrogen) atoms. The van der Waals surface area contributed by atoms with Crippen LogP contribution in [0.3, 0.4) is 0 Å². The zero-order chi connectivity index (χ0) is 18.5. The highest BCUT2D eigenvalue weighted by atomic mass is 16.5. The van der Waals surface area contributed by atoms with Crippen LogP contribution in [0.1, 0.15) is 28.9 Å². The van der Waals surface area contributed by atoms with Gasteiger partial charge in [0.05, 0.1) is 25.9 Å². The highest BCUT2D eigenvalue weighted by molar-refractivity contribution is 5.94. The molecule has 1 unspecified atom stereocenters. The smallest absolute Gasteiger partial charge is 0.251 e. The number of nitrogens with one attached hydrogen (secondary N) is 1. The molecule has 1 aromatic heterocycles. The van der Waals surface area contributed by atoms with Crippen LogP contribution in [0, 0.1) is 0 Å². The number of hydrogen-bond donors (Lipinski definition) is 1. The van der Waals surface area contributed by atoms with E-state index in [-0.39, 0.29) is 11.9 Å². The van der Waals surface area contributed by atoms with Gasteiger partial charge in [-0.05, 0) is 55.5 Å². The van der Waals surface area contributed by atoms with Gasteiger partial charge in [-0.2, -0.15) is 5.10 Å². The van der Waals surface area contributed by atoms with E-state index in [0.717, 1.165) is 11.3 Å². The Hall–Kier alpha value is -3.28. The molecule has 0 aliphatic heterocycles. The van der Waals surface area contributed by atoms with Gasteiger partial charge in [-0.25, -0.2) is 4.68 Å². The molecule has 134 valence electrons. The number of ether oxygens (including phenoxy) is 2. The zero-order valence-electron chi connectivity index (χ0n) is 15.0. The van der Waals surface area contributed by atoms with Gasteiger partial charge in [-0.15, -0.1) is 0 Å². The summed E-state index contributed by atoms with van der Waals surface area (Å²) in [5, 5.41) is 7.17. The summed E-state index contributed by atoms with van der Waals surface area (Å²) in [5.74, 6) is 1.26. The summed E-state index contributed by atoms with van der Waals surface area (Å²) in [7, 11) is 3.21. The largest absolute Gasteiger partial charge is 0.497 e. The Balaban J connectivity index is 1.75. The molecule has 6 nitrogen and oxygen atoms in total. The topological polar surface area (TPSA) is 65.4 Å². The van der Waals surface area contributed by atoms with Crippen LogP contribution in [0.25, 0.3) is 5.69 Å². The Morgan fingerprint density at radius 2 is 1.88 bits per heavy atom. The van der Waals surface area contributed by atoms with Crippen LogP contribution in [0.4, 0.5) is 0 Å². The molecule has 0 saturated carbocycles. The third-order valence-corrected chi connectivity index (χ3v) is 4.15. The minimum atomic E-state index is -0.238. The van der Waals surface area contributed by atoms with E-state index >= 15 is 0 Å². The van der Waals surface area contributed by atoms with Crippen molar-refractivity contribution in [3.8, 4) is 17.2 Å². The van der Waals surface area contributed by atoms with Crippen LogP contribution in [0.15, 0.2) is 60.9 Å². The summed E-state index contributed by atoms with van der Waals surface area (Å²) >= 11 is 0. The number of amides is 1. The monoisotopic (exact) mass is 351 g/mol. The number of aromatic nitrogens is 2. The van der Waals surface area contributed by atoms with Crippen LogP contribution in [-0.2, 0) is 0 Å². The zero-order valence-corrected chi connectivity index (χ0v) is 15.0. The first-order chi connectivity index (χ1) is 12.6. The molecular formula is C20H21N3O3. The Bertz CT molecular complexity index is 874. The molecule has 1 heterocycles. The van der Waals surface area contributed by atoms with Crippen LogP contribution < -0.4 is 14.8 Å². The molecule has 0 bridgehead atoms. The molecule has 1 amide bonds. The number of nitrogens with zero attached hydrogens (tertiary/aromatic N) is 2. The lowest BCUT2D eigenvalue weighted by molar-refractivity contribution is 0.0939. The van der Waals surface area contributed by atoms with Gasteiger partial charge in [-0.3, -0.25) is 4.79 Å². The first-order valence-electron chi connectivity index (χ1n) is 8.25. The minimum Gasteiger partial charge on any atom is -0.497 e. The van der Waals surface area contributed by atoms with E-state index in [9.17, 15) is 4.79 Å². The SMILES string of the molecule is COc1ccc(OC)c(C(C)NC(=O)c2ccc(-n3cccn3)cc2)c1. The van der Waals surface area contributed by atoms with Gasteiger partial charge in [0.2, 0.25) is 0 Å². The van der Waals surface area contributed by atoms with Crippen molar-refractivity contribution in [3.05, 3.63) is 72.1 Å². The molecule has 3 aromatic rings. The van der Waals surface area contributed by atoms with Crippen molar-refractivity contribution in [1.82, 2.24) is 15.1 Å². The molecule has 3 rings (SSSR count). The fraction of sp³-hybridized carbons (Fsp3) is 0.200. The van der Waals surface area contributed by atoms with Gasteiger partial charge < -0.3 is 14.8 Å². The highest BCUT2D eigenvalue weighted by Gasteiger charge is 2.16. The summed E-state index contributed by atoms with van der Waals surface area (Å²) < 4.78 is 12.4. The van der Waals surface area contributed by atoms with Gasteiger partial charge in [0.25, 0.3) is 5.91 Å². The van der Waals surface area contributed by atoms with Gasteiger partial charge in [-0.1, -0.05) is 0 Å². The summed E-state index contributed by atoms with van der Waals surface area (Å²) in [6.45, 7) is 1.91. The Morgan fingerprint density at radius 3 is 2.50 bits per heavy atom. The maximum Gasteiger partial charge on any atom is 0.251 e. The summed E-state index contributed by atoms with van der Waals surface area (Å²) in [6, 6.07) is 14.4. The van der Waals surface area contributed by atoms with Crippen molar-refractivity contribution < 1.29 is 14.3 Å². The highest BCUT2D eigenvalue weighted by Crippen LogP contribution is 2.29. The van der Waals surface area contributed by atoms with Gasteiger partial charge in [0.1, 0.15) is 11.5 Å². The fourth-order valence-corrected chi connectivity index (χ4v) is 2.72. The summed E-state index contributed by atoms with van der Waals surface area (Å²) in [5.41, 5.74) is 2.33. The number of benzene rings is 2. The quantitative estimate of drug-likeness (QED) is 0.739. The van der Waals surface area contributed by atoms with E-state index < -0.39 is 0 Å². The van der Waals surface area contributed by atoms with E-state index in [1.165, 1.54) is 0 Å². The van der Waals surface area contributed by atoms with Crippen molar-refractivity contribution in [1.29, 1.82) is 0 Å². The molecule has 0 saturated heterocycles. The lowest BCUT2D eigenvalue weighted by Crippen LogP contribution is -2.27. The molecule has 0 radical (unpaired) electrons. The Morgan fingerprint density at radius 1 is 1.12 bits per heavy atom. The normalized spacial score (nSPS) is 11.7. The molecule has 0 spiro atoms. The Kier molecular flexibility index (Phi) is 5.22. The number of rotatable bonds is 6. The van der Waals surface area contributed by atoms with Gasteiger partial charge in [0.15, 0.2) is 0 Å². The molecule has 0 aliphatic rings. The van der Waals surface area contributed by atoms with Crippen LogP contribution in [0.5, 0.6) is 11.5 Å². The predicted molar refractivity (Wildman–Crippen MR) is 99.0 cm³/mol. The first kappa shape index (κ1) is 17.5. The fourth-order valence-electron chi connectivity index (χ4n) is 2.72. The lowest BCUT2D eigenvalue weighted by Gasteiger charge is -2.18. The first-order valence-corrected chi connectivity index (χ1v) is 8.25. The molecule has 6 heteroatoms. The molecule has 1 N–H and O–H groups in total. The lowest BCUT2D eigenvalue weighted by atomic mass is 10.1. The molecule has 2 aromatic carbocycles. The van der Waals surface area contributed by atoms with Crippen molar-refractivity contribution in [2.24, 2.45) is 0 Å². The number of hydrogen-bond acceptors (Lipinski definition) is 4. The standard InChI is InChI=1S/C20H21N3O3/c1-14(18-13-17(25-2)9-10-19(18)26-3)22-20(24)15-5-7-16(8-6-15)23-12-4-11-21-23/h4-14H,1-3H3,(H,22,24). The second-order valence-corrected chi connectivity index (χ2v) is 5.80. The number of carbonyl (C=O) groups is 1. The van der Waals surface area contributed by atoms with Crippen LogP contribution >= 0.6 is 0 Å². The third-order valence-electron chi connectivity index (χ3n) is 4.15. The van der Waals surface area contributed by atoms with E-state index in [1.807, 2.05) is 49.5 Å². The van der Waals surface area contributed by atoms with Crippen LogP contribution in [-0.4, -0.2) is 29.9 Å². The molecular weight excluding hydrogens is 330 g/mol. The van der Waals surface area contributed by atoms with Gasteiger partial charge >= 0.3 is 0 Å². The van der Waals surface area contributed by atoms with Crippen molar-refractivity contribution >= 4 is 5.91 Å². The minimum absolute atomic E-state index is 0.158. The van der Waals surface area contributed by atoms with Crippen LogP contribution in [0.2, 0.25) is 0 Å². The maximum absolute atomic E-state index is 12.6. The molecule has 0 aliphatic carbocycles. The van der Waals surface area contributed by atoms with E-state index in [4.69, 9.17) is 9.47 Å². The third kappa shape index (κ3) is 3.69. The molecule has 1 atom stereocenters. The predicted octanol–water partition coefficient (Wildman–Crippen LogP) is 3.38. The van der Waals surface area contributed by atoms with Crippen molar-refractivity contribution in [3.63, 3.8) is 0 Å². The summed E-state index contributed by atoms with van der Waals surface area (Å²) in [4.78, 5) is 12.6. The van der Waals surface area contributed by atoms with E-state index in [2.05, 4.69) is 10.4 Å². The second kappa shape index (κ2) is 7.74. The Labute approximate surface area is 152 Å². The van der Waals surface area contributed by atoms with Crippen molar-refractivity contribution in [2.45, 2.75) is 13.0 Å². The van der Waals surface area contributed by atoms with Crippen molar-refractivity contribution in [2.75, 3.05) is 14.2 Å². The molecule has 0 fully saturated rings. The van der Waals surface area contributed by atoms with Gasteiger partial charge in [0, 0.05) is 23.5 Å². The van der Waals surface area contributed by atoms with E-state index in [0.29, 0.717) is 17.1 Å². The average Bonchev–Trinajstić information content (AvgIpc) is 3.22. The maximum atomic E-state index is 12.6. The number of carbonyl (C=O) groups excluding carboxylic acids is 1.